The van der Waals surface area contributed by atoms with E-state index in [0.717, 1.165) is 28.9 Å². The zero-order valence-corrected chi connectivity index (χ0v) is 18.1. The third-order valence-electron chi connectivity index (χ3n) is 4.70. The summed E-state index contributed by atoms with van der Waals surface area (Å²) >= 11 is 1.19. The van der Waals surface area contributed by atoms with Crippen LogP contribution in [-0.2, 0) is 4.79 Å². The number of pyridine rings is 1. The monoisotopic (exact) mass is 451 g/mol. The predicted molar refractivity (Wildman–Crippen MR) is 120 cm³/mol. The van der Waals surface area contributed by atoms with Crippen molar-refractivity contribution in [1.82, 2.24) is 19.7 Å². The van der Waals surface area contributed by atoms with Gasteiger partial charge in [0.05, 0.1) is 10.9 Å². The number of thioether (sulfide) groups is 1. The predicted octanol–water partition coefficient (Wildman–Crippen LogP) is 5.04. The lowest BCUT2D eigenvalue weighted by molar-refractivity contribution is -0.115. The topological polar surface area (TPSA) is 72.7 Å². The minimum absolute atomic E-state index is 0.0821. The number of carbonyl (C=O) groups is 1. The van der Waals surface area contributed by atoms with Crippen LogP contribution in [0.5, 0.6) is 0 Å². The molecule has 0 spiro atoms. The molecule has 1 unspecified atom stereocenters. The smallest absolute Gasteiger partial charge is 0.237 e. The maximum atomic E-state index is 13.9. The van der Waals surface area contributed by atoms with Gasteiger partial charge in [0.15, 0.2) is 11.0 Å². The van der Waals surface area contributed by atoms with E-state index in [2.05, 4.69) is 20.5 Å². The molecule has 9 heteroatoms. The normalized spacial score (nSPS) is 11.9. The molecule has 0 saturated heterocycles. The van der Waals surface area contributed by atoms with Crippen LogP contribution in [0.2, 0.25) is 0 Å². The summed E-state index contributed by atoms with van der Waals surface area (Å²) in [4.78, 5) is 16.7. The van der Waals surface area contributed by atoms with Gasteiger partial charge in [0.25, 0.3) is 0 Å². The number of aromatic nitrogens is 4. The quantitative estimate of drug-likeness (QED) is 0.416. The Balaban J connectivity index is 1.63. The van der Waals surface area contributed by atoms with Crippen LogP contribution in [0.25, 0.3) is 17.1 Å². The number of nitrogens with zero attached hydrogens (tertiary/aromatic N) is 4. The molecule has 0 bridgehead atoms. The summed E-state index contributed by atoms with van der Waals surface area (Å²) in [5, 5.41) is 11.0. The fourth-order valence-corrected chi connectivity index (χ4v) is 3.87. The number of amides is 1. The molecule has 0 aliphatic carbocycles. The van der Waals surface area contributed by atoms with Gasteiger partial charge in [0, 0.05) is 29.7 Å². The molecule has 32 heavy (non-hydrogen) atoms. The molecule has 0 saturated carbocycles. The minimum Gasteiger partial charge on any atom is -0.323 e. The second-order valence-corrected chi connectivity index (χ2v) is 8.39. The Morgan fingerprint density at radius 1 is 1.03 bits per heavy atom. The number of hydrogen-bond acceptors (Lipinski definition) is 5. The third-order valence-corrected chi connectivity index (χ3v) is 5.75. The summed E-state index contributed by atoms with van der Waals surface area (Å²) in [5.41, 5.74) is 2.69. The number of aryl methyl sites for hydroxylation is 1. The first-order chi connectivity index (χ1) is 15.4. The zero-order chi connectivity index (χ0) is 22.7. The van der Waals surface area contributed by atoms with Gasteiger partial charge in [0.1, 0.15) is 11.6 Å². The molecule has 1 N–H and O–H groups in total. The van der Waals surface area contributed by atoms with Crippen molar-refractivity contribution in [3.63, 3.8) is 0 Å². The molecule has 0 fully saturated rings. The second-order valence-electron chi connectivity index (χ2n) is 7.09. The molecule has 6 nitrogen and oxygen atoms in total. The average Bonchev–Trinajstić information content (AvgIpc) is 3.20. The molecule has 1 atom stereocenters. The van der Waals surface area contributed by atoms with Crippen LogP contribution < -0.4 is 5.32 Å². The fourth-order valence-electron chi connectivity index (χ4n) is 3.00. The van der Waals surface area contributed by atoms with E-state index in [9.17, 15) is 13.6 Å². The molecule has 0 aliphatic heterocycles. The molecule has 4 rings (SSSR count). The summed E-state index contributed by atoms with van der Waals surface area (Å²) in [6.07, 6.45) is 3.34. The van der Waals surface area contributed by atoms with Gasteiger partial charge >= 0.3 is 0 Å². The van der Waals surface area contributed by atoms with Crippen LogP contribution in [-0.4, -0.2) is 30.9 Å². The SMILES string of the molecule is Cc1ccc(-n2c(SC(C)C(=O)Nc3ccc(F)cc3F)nnc2-c2ccncc2)cc1. The van der Waals surface area contributed by atoms with Gasteiger partial charge in [-0.25, -0.2) is 8.78 Å². The van der Waals surface area contributed by atoms with Gasteiger partial charge in [0.2, 0.25) is 5.91 Å². The van der Waals surface area contributed by atoms with E-state index in [1.807, 2.05) is 47.9 Å². The van der Waals surface area contributed by atoms with E-state index >= 15 is 0 Å². The Kier molecular flexibility index (Phi) is 6.27. The average molecular weight is 452 g/mol. The van der Waals surface area contributed by atoms with Crippen LogP contribution in [0.1, 0.15) is 12.5 Å². The summed E-state index contributed by atoms with van der Waals surface area (Å²) in [5.74, 6) is -1.38. The Labute approximate surface area is 187 Å². The number of nitrogens with one attached hydrogen (secondary N) is 1. The van der Waals surface area contributed by atoms with E-state index in [1.165, 1.54) is 17.8 Å². The Morgan fingerprint density at radius 3 is 2.44 bits per heavy atom. The second kappa shape index (κ2) is 9.27. The first-order valence-corrected chi connectivity index (χ1v) is 10.7. The first-order valence-electron chi connectivity index (χ1n) is 9.78. The van der Waals surface area contributed by atoms with E-state index in [-0.39, 0.29) is 5.69 Å². The highest BCUT2D eigenvalue weighted by molar-refractivity contribution is 8.00. The number of halogens is 2. The molecule has 2 heterocycles. The van der Waals surface area contributed by atoms with Crippen LogP contribution in [0.4, 0.5) is 14.5 Å². The van der Waals surface area contributed by atoms with Gasteiger partial charge < -0.3 is 5.32 Å². The van der Waals surface area contributed by atoms with Crippen molar-refractivity contribution in [1.29, 1.82) is 0 Å². The number of benzene rings is 2. The van der Waals surface area contributed by atoms with Crippen molar-refractivity contribution < 1.29 is 13.6 Å². The number of anilines is 1. The molecular weight excluding hydrogens is 432 g/mol. The molecule has 162 valence electrons. The zero-order valence-electron chi connectivity index (χ0n) is 17.3. The standard InChI is InChI=1S/C23H19F2N5OS/c1-14-3-6-18(7-4-14)30-21(16-9-11-26-12-10-16)28-29-23(30)32-15(2)22(31)27-20-8-5-17(24)13-19(20)25/h3-13,15H,1-2H3,(H,27,31). The first kappa shape index (κ1) is 21.6. The van der Waals surface area contributed by atoms with Gasteiger partial charge in [-0.3, -0.25) is 14.3 Å². The highest BCUT2D eigenvalue weighted by Gasteiger charge is 2.22. The summed E-state index contributed by atoms with van der Waals surface area (Å²) in [6, 6.07) is 14.5. The van der Waals surface area contributed by atoms with Crippen molar-refractivity contribution >= 4 is 23.4 Å². The van der Waals surface area contributed by atoms with Crippen molar-refractivity contribution in [2.45, 2.75) is 24.3 Å². The third kappa shape index (κ3) is 4.67. The largest absolute Gasteiger partial charge is 0.323 e. The highest BCUT2D eigenvalue weighted by Crippen LogP contribution is 2.30. The summed E-state index contributed by atoms with van der Waals surface area (Å²) in [7, 11) is 0. The highest BCUT2D eigenvalue weighted by atomic mass is 32.2. The van der Waals surface area contributed by atoms with Gasteiger partial charge in [-0.05, 0) is 50.2 Å². The van der Waals surface area contributed by atoms with Gasteiger partial charge in [-0.15, -0.1) is 10.2 Å². The molecule has 0 aliphatic rings. The minimum atomic E-state index is -0.835. The van der Waals surface area contributed by atoms with Crippen LogP contribution in [0, 0.1) is 18.6 Å². The van der Waals surface area contributed by atoms with Gasteiger partial charge in [-0.2, -0.15) is 0 Å². The maximum absolute atomic E-state index is 13.9. The van der Waals surface area contributed by atoms with E-state index in [4.69, 9.17) is 0 Å². The van der Waals surface area contributed by atoms with E-state index in [1.54, 1.807) is 19.3 Å². The lowest BCUT2D eigenvalue weighted by atomic mass is 10.2. The molecule has 2 aromatic carbocycles. The Morgan fingerprint density at radius 2 is 1.75 bits per heavy atom. The maximum Gasteiger partial charge on any atom is 0.237 e. The van der Waals surface area contributed by atoms with Crippen LogP contribution >= 0.6 is 11.8 Å². The number of carbonyl (C=O) groups excluding carboxylic acids is 1. The lowest BCUT2D eigenvalue weighted by Gasteiger charge is -2.14. The molecular formula is C23H19F2N5OS. The molecule has 0 radical (unpaired) electrons. The van der Waals surface area contributed by atoms with Crippen molar-refractivity contribution in [2.24, 2.45) is 0 Å². The Hall–Kier alpha value is -3.59. The van der Waals surface area contributed by atoms with Crippen LogP contribution in [0.15, 0.2) is 72.1 Å². The molecule has 4 aromatic rings. The molecule has 2 aromatic heterocycles. The van der Waals surface area contributed by atoms with Crippen LogP contribution in [0.3, 0.4) is 0 Å². The number of hydrogen-bond donors (Lipinski definition) is 1. The van der Waals surface area contributed by atoms with Crippen molar-refractivity contribution in [3.8, 4) is 17.1 Å². The summed E-state index contributed by atoms with van der Waals surface area (Å²) < 4.78 is 28.9. The van der Waals surface area contributed by atoms with E-state index in [0.29, 0.717) is 11.0 Å². The Bertz CT molecular complexity index is 1250. The van der Waals surface area contributed by atoms with Crippen molar-refractivity contribution in [2.75, 3.05) is 5.32 Å². The van der Waals surface area contributed by atoms with E-state index < -0.39 is 22.8 Å². The molecule has 1 amide bonds. The summed E-state index contributed by atoms with van der Waals surface area (Å²) in [6.45, 7) is 3.68. The fraction of sp³-hybridized carbons (Fsp3) is 0.130. The lowest BCUT2D eigenvalue weighted by Crippen LogP contribution is -2.23. The van der Waals surface area contributed by atoms with Crippen molar-refractivity contribution in [3.05, 3.63) is 84.2 Å². The number of rotatable bonds is 6. The van der Waals surface area contributed by atoms with Gasteiger partial charge in [-0.1, -0.05) is 29.5 Å².